The first-order chi connectivity index (χ1) is 18.8. The number of carbonyl (C=O) groups excluding carboxylic acids is 4. The van der Waals surface area contributed by atoms with Gasteiger partial charge < -0.3 is 19.5 Å². The summed E-state index contributed by atoms with van der Waals surface area (Å²) in [6, 6.07) is 16.8. The Morgan fingerprint density at radius 2 is 1.69 bits per heavy atom. The lowest BCUT2D eigenvalue weighted by molar-refractivity contribution is -0.122. The van der Waals surface area contributed by atoms with E-state index in [1.807, 2.05) is 0 Å². The van der Waals surface area contributed by atoms with Crippen LogP contribution in [0.5, 0.6) is 17.2 Å². The Kier molecular flexibility index (Phi) is 8.47. The zero-order valence-electron chi connectivity index (χ0n) is 21.0. The van der Waals surface area contributed by atoms with Crippen molar-refractivity contribution in [2.45, 2.75) is 6.92 Å². The largest absolute Gasteiger partial charge is 0.497 e. The third kappa shape index (κ3) is 6.55. The van der Waals surface area contributed by atoms with Gasteiger partial charge in [0.2, 0.25) is 0 Å². The van der Waals surface area contributed by atoms with Gasteiger partial charge in [0, 0.05) is 10.7 Å². The minimum absolute atomic E-state index is 0.250. The molecule has 0 bridgehead atoms. The van der Waals surface area contributed by atoms with Crippen LogP contribution in [0, 0.1) is 0 Å². The molecule has 3 aromatic carbocycles. The molecule has 1 heterocycles. The lowest BCUT2D eigenvalue weighted by Gasteiger charge is -2.26. The van der Waals surface area contributed by atoms with Crippen LogP contribution in [0.1, 0.15) is 12.5 Å². The first-order valence-corrected chi connectivity index (χ1v) is 12.2. The molecule has 0 aliphatic carbocycles. The van der Waals surface area contributed by atoms with Crippen molar-refractivity contribution in [2.75, 3.05) is 30.5 Å². The smallest absolute Gasteiger partial charge is 0.335 e. The highest BCUT2D eigenvalue weighted by atomic mass is 35.5. The predicted molar refractivity (Wildman–Crippen MR) is 145 cm³/mol. The Morgan fingerprint density at radius 1 is 0.974 bits per heavy atom. The van der Waals surface area contributed by atoms with Gasteiger partial charge in [-0.2, -0.15) is 0 Å². The van der Waals surface area contributed by atoms with Gasteiger partial charge in [-0.1, -0.05) is 17.7 Å². The molecule has 0 saturated carbocycles. The third-order valence-electron chi connectivity index (χ3n) is 5.50. The normalized spacial score (nSPS) is 14.2. The first kappa shape index (κ1) is 27.2. The molecule has 0 spiro atoms. The number of rotatable bonds is 9. The van der Waals surface area contributed by atoms with Crippen LogP contribution in [0.3, 0.4) is 0 Å². The molecule has 0 aromatic heterocycles. The van der Waals surface area contributed by atoms with E-state index in [2.05, 4.69) is 10.6 Å². The molecule has 2 N–H and O–H groups in total. The first-order valence-electron chi connectivity index (χ1n) is 11.8. The second-order valence-corrected chi connectivity index (χ2v) is 8.58. The van der Waals surface area contributed by atoms with Crippen molar-refractivity contribution in [1.29, 1.82) is 0 Å². The minimum atomic E-state index is -0.865. The fourth-order valence-electron chi connectivity index (χ4n) is 3.67. The number of amides is 5. The van der Waals surface area contributed by atoms with Crippen LogP contribution in [-0.4, -0.2) is 44.1 Å². The third-order valence-corrected chi connectivity index (χ3v) is 5.75. The second-order valence-electron chi connectivity index (χ2n) is 8.14. The summed E-state index contributed by atoms with van der Waals surface area (Å²) in [4.78, 5) is 51.2. The van der Waals surface area contributed by atoms with Crippen LogP contribution in [0.25, 0.3) is 6.08 Å². The maximum atomic E-state index is 13.1. The Labute approximate surface area is 229 Å². The van der Waals surface area contributed by atoms with Gasteiger partial charge in [-0.15, -0.1) is 0 Å². The summed E-state index contributed by atoms with van der Waals surface area (Å²) >= 11 is 5.90. The van der Waals surface area contributed by atoms with Gasteiger partial charge in [-0.25, -0.2) is 9.69 Å². The van der Waals surface area contributed by atoms with E-state index in [1.165, 1.54) is 30.3 Å². The Morgan fingerprint density at radius 3 is 2.36 bits per heavy atom. The molecular weight excluding hydrogens is 526 g/mol. The lowest BCUT2D eigenvalue weighted by atomic mass is 10.1. The van der Waals surface area contributed by atoms with E-state index >= 15 is 0 Å². The van der Waals surface area contributed by atoms with E-state index in [1.54, 1.807) is 56.5 Å². The SMILES string of the molecule is CCOc1cc(/C=C2/C(=O)NC(=O)N(c3ccc(Cl)cc3)C2=O)ccc1OCC(=O)Nc1ccc(OC)cc1. The predicted octanol–water partition coefficient (Wildman–Crippen LogP) is 4.43. The number of barbiturate groups is 1. The maximum absolute atomic E-state index is 13.1. The molecule has 11 heteroatoms. The number of hydrogen-bond acceptors (Lipinski definition) is 7. The summed E-state index contributed by atoms with van der Waals surface area (Å²) in [6.07, 6.45) is 1.34. The van der Waals surface area contributed by atoms with Crippen LogP contribution in [0.2, 0.25) is 5.02 Å². The Hall–Kier alpha value is -4.83. The molecule has 1 saturated heterocycles. The number of nitrogens with zero attached hydrogens (tertiary/aromatic N) is 1. The topological polar surface area (TPSA) is 123 Å². The van der Waals surface area contributed by atoms with Crippen molar-refractivity contribution in [3.05, 3.63) is 82.9 Å². The molecule has 0 unspecified atom stereocenters. The zero-order valence-corrected chi connectivity index (χ0v) is 21.8. The Balaban J connectivity index is 1.51. The number of anilines is 2. The number of nitrogens with one attached hydrogen (secondary N) is 2. The molecule has 0 radical (unpaired) electrons. The fraction of sp³-hybridized carbons (Fsp3) is 0.143. The van der Waals surface area contributed by atoms with Gasteiger partial charge in [0.15, 0.2) is 18.1 Å². The van der Waals surface area contributed by atoms with Gasteiger partial charge in [-0.05, 0) is 79.2 Å². The number of imide groups is 2. The molecule has 200 valence electrons. The zero-order chi connectivity index (χ0) is 27.9. The van der Waals surface area contributed by atoms with Crippen LogP contribution >= 0.6 is 11.6 Å². The number of ether oxygens (including phenoxy) is 3. The van der Waals surface area contributed by atoms with Gasteiger partial charge in [0.05, 0.1) is 19.4 Å². The van der Waals surface area contributed by atoms with Gasteiger partial charge in [0.25, 0.3) is 17.7 Å². The van der Waals surface area contributed by atoms with Crippen molar-refractivity contribution in [2.24, 2.45) is 0 Å². The number of methoxy groups -OCH3 is 1. The fourth-order valence-corrected chi connectivity index (χ4v) is 3.79. The van der Waals surface area contributed by atoms with Gasteiger partial charge in [0.1, 0.15) is 11.3 Å². The summed E-state index contributed by atoms with van der Waals surface area (Å²) in [5.74, 6) is -0.745. The molecule has 3 aromatic rings. The van der Waals surface area contributed by atoms with E-state index in [0.717, 1.165) is 4.90 Å². The molecule has 1 aliphatic rings. The average molecular weight is 550 g/mol. The molecule has 1 aliphatic heterocycles. The number of benzene rings is 3. The number of urea groups is 1. The monoisotopic (exact) mass is 549 g/mol. The summed E-state index contributed by atoms with van der Waals surface area (Å²) in [5.41, 5.74) is 1.03. The van der Waals surface area contributed by atoms with Crippen molar-refractivity contribution < 1.29 is 33.4 Å². The summed E-state index contributed by atoms with van der Waals surface area (Å²) < 4.78 is 16.4. The van der Waals surface area contributed by atoms with Crippen LogP contribution < -0.4 is 29.7 Å². The van der Waals surface area contributed by atoms with E-state index in [-0.39, 0.29) is 23.8 Å². The molecule has 5 amide bonds. The quantitative estimate of drug-likeness (QED) is 0.299. The van der Waals surface area contributed by atoms with Gasteiger partial charge >= 0.3 is 6.03 Å². The second kappa shape index (κ2) is 12.1. The van der Waals surface area contributed by atoms with Crippen molar-refractivity contribution in [3.63, 3.8) is 0 Å². The number of carbonyl (C=O) groups is 4. The highest BCUT2D eigenvalue weighted by molar-refractivity contribution is 6.39. The molecule has 10 nitrogen and oxygen atoms in total. The van der Waals surface area contributed by atoms with Crippen molar-refractivity contribution in [3.8, 4) is 17.2 Å². The molecule has 39 heavy (non-hydrogen) atoms. The molecule has 0 atom stereocenters. The van der Waals surface area contributed by atoms with E-state index in [4.69, 9.17) is 25.8 Å². The highest BCUT2D eigenvalue weighted by Crippen LogP contribution is 2.30. The summed E-state index contributed by atoms with van der Waals surface area (Å²) in [7, 11) is 1.55. The Bertz CT molecular complexity index is 1440. The van der Waals surface area contributed by atoms with Crippen molar-refractivity contribution >= 4 is 52.8 Å². The maximum Gasteiger partial charge on any atom is 0.335 e. The van der Waals surface area contributed by atoms with Crippen LogP contribution in [0.4, 0.5) is 16.2 Å². The lowest BCUT2D eigenvalue weighted by Crippen LogP contribution is -2.54. The van der Waals surface area contributed by atoms with Crippen molar-refractivity contribution in [1.82, 2.24) is 5.32 Å². The molecule has 1 fully saturated rings. The summed E-state index contributed by atoms with van der Waals surface area (Å²) in [5, 5.41) is 5.33. The average Bonchev–Trinajstić information content (AvgIpc) is 2.92. The minimum Gasteiger partial charge on any atom is -0.497 e. The van der Waals surface area contributed by atoms with E-state index < -0.39 is 17.8 Å². The van der Waals surface area contributed by atoms with E-state index in [0.29, 0.717) is 40.1 Å². The van der Waals surface area contributed by atoms with Crippen LogP contribution in [0.15, 0.2) is 72.3 Å². The van der Waals surface area contributed by atoms with E-state index in [9.17, 15) is 19.2 Å². The molecule has 4 rings (SSSR count). The number of hydrogen-bond donors (Lipinski definition) is 2. The standard InChI is InChI=1S/C28H24ClN3O7/c1-3-38-24-15-17(4-13-23(24)39-16-25(33)30-19-7-11-21(37-2)12-8-19)14-22-26(34)31-28(36)32(27(22)35)20-9-5-18(29)6-10-20/h4-15H,3,16H2,1-2H3,(H,30,33)(H,31,34,36)/b22-14-. The number of halogens is 1. The van der Waals surface area contributed by atoms with Gasteiger partial charge in [-0.3, -0.25) is 19.7 Å². The summed E-state index contributed by atoms with van der Waals surface area (Å²) in [6.45, 7) is 1.79. The molecular formula is C28H24ClN3O7. The highest BCUT2D eigenvalue weighted by Gasteiger charge is 2.36. The van der Waals surface area contributed by atoms with Crippen LogP contribution in [-0.2, 0) is 14.4 Å².